The van der Waals surface area contributed by atoms with E-state index < -0.39 is 10.0 Å². The van der Waals surface area contributed by atoms with Crippen molar-refractivity contribution >= 4 is 43.0 Å². The van der Waals surface area contributed by atoms with E-state index in [0.717, 1.165) is 10.1 Å². The molecular weight excluding hydrogens is 292 g/mol. The van der Waals surface area contributed by atoms with Gasteiger partial charge in [0.1, 0.15) is 4.21 Å². The van der Waals surface area contributed by atoms with Crippen molar-refractivity contribution in [1.29, 1.82) is 0 Å². The highest BCUT2D eigenvalue weighted by Crippen LogP contribution is 2.30. The molecule has 2 rings (SSSR count). The monoisotopic (exact) mass is 304 g/mol. The first-order valence-corrected chi connectivity index (χ1v) is 8.09. The molecule has 2 aromatic rings. The predicted octanol–water partition coefficient (Wildman–Crippen LogP) is 2.18. The molecule has 7 heteroatoms. The highest BCUT2D eigenvalue weighted by molar-refractivity contribution is 7.91. The van der Waals surface area contributed by atoms with E-state index in [1.54, 1.807) is 18.2 Å². The lowest BCUT2D eigenvalue weighted by Crippen LogP contribution is -2.25. The van der Waals surface area contributed by atoms with E-state index in [-0.39, 0.29) is 0 Å². The van der Waals surface area contributed by atoms with Crippen LogP contribution in [0.5, 0.6) is 0 Å². The van der Waals surface area contributed by atoms with E-state index in [4.69, 9.17) is 17.3 Å². The molecule has 3 N–H and O–H groups in total. The van der Waals surface area contributed by atoms with Crippen LogP contribution in [-0.2, 0) is 10.0 Å². The van der Waals surface area contributed by atoms with Gasteiger partial charge in [0.05, 0.1) is 0 Å². The number of rotatable bonds is 5. The van der Waals surface area contributed by atoms with Crippen LogP contribution in [0.15, 0.2) is 28.5 Å². The van der Waals surface area contributed by atoms with Crippen molar-refractivity contribution in [2.24, 2.45) is 5.73 Å². The summed E-state index contributed by atoms with van der Waals surface area (Å²) in [7, 11) is -3.44. The molecule has 0 spiro atoms. The molecule has 0 aliphatic carbocycles. The van der Waals surface area contributed by atoms with Crippen LogP contribution in [0, 0.1) is 0 Å². The molecule has 0 saturated heterocycles. The van der Waals surface area contributed by atoms with Crippen LogP contribution in [-0.4, -0.2) is 21.5 Å². The van der Waals surface area contributed by atoms with Crippen LogP contribution in [0.3, 0.4) is 0 Å². The number of nitrogens with one attached hydrogen (secondary N) is 1. The molecule has 4 nitrogen and oxygen atoms in total. The standard InChI is InChI=1S/C11H13ClN2O2S2/c12-9-2-3-10-8(6-9)7-11(17-10)18(15,16)14-5-1-4-13/h2-3,6-7,14H,1,4-5,13H2. The van der Waals surface area contributed by atoms with Gasteiger partial charge in [0.2, 0.25) is 10.0 Å². The number of thiophene rings is 1. The second kappa shape index (κ2) is 5.54. The van der Waals surface area contributed by atoms with Gasteiger partial charge in [-0.05, 0) is 42.6 Å². The van der Waals surface area contributed by atoms with E-state index in [2.05, 4.69) is 4.72 Å². The third kappa shape index (κ3) is 3.02. The number of nitrogens with two attached hydrogens (primary N) is 1. The average Bonchev–Trinajstić information content (AvgIpc) is 2.72. The number of hydrogen-bond donors (Lipinski definition) is 2. The third-order valence-corrected chi connectivity index (χ3v) is 5.68. The number of fused-ring (bicyclic) bond motifs is 1. The SMILES string of the molecule is NCCCNS(=O)(=O)c1cc2cc(Cl)ccc2s1. The minimum Gasteiger partial charge on any atom is -0.330 e. The highest BCUT2D eigenvalue weighted by Gasteiger charge is 2.16. The zero-order chi connectivity index (χ0) is 13.2. The van der Waals surface area contributed by atoms with Crippen molar-refractivity contribution in [2.75, 3.05) is 13.1 Å². The van der Waals surface area contributed by atoms with Crippen molar-refractivity contribution in [2.45, 2.75) is 10.6 Å². The van der Waals surface area contributed by atoms with Crippen molar-refractivity contribution in [3.63, 3.8) is 0 Å². The van der Waals surface area contributed by atoms with Crippen molar-refractivity contribution in [3.05, 3.63) is 29.3 Å². The second-order valence-electron chi connectivity index (χ2n) is 3.79. The molecule has 18 heavy (non-hydrogen) atoms. The summed E-state index contributed by atoms with van der Waals surface area (Å²) >= 11 is 7.10. The van der Waals surface area contributed by atoms with Gasteiger partial charge in [0.15, 0.2) is 0 Å². The van der Waals surface area contributed by atoms with Gasteiger partial charge in [0.25, 0.3) is 0 Å². The summed E-state index contributed by atoms with van der Waals surface area (Å²) in [6.45, 7) is 0.818. The van der Waals surface area contributed by atoms with E-state index >= 15 is 0 Å². The van der Waals surface area contributed by atoms with Crippen LogP contribution in [0.1, 0.15) is 6.42 Å². The van der Waals surface area contributed by atoms with Crippen LogP contribution in [0.2, 0.25) is 5.02 Å². The smallest absolute Gasteiger partial charge is 0.250 e. The van der Waals surface area contributed by atoms with Gasteiger partial charge in [-0.15, -0.1) is 11.3 Å². The van der Waals surface area contributed by atoms with Gasteiger partial charge in [0, 0.05) is 16.3 Å². The Kier molecular flexibility index (Phi) is 4.24. The molecule has 0 fully saturated rings. The van der Waals surface area contributed by atoms with E-state index in [1.807, 2.05) is 6.07 Å². The highest BCUT2D eigenvalue weighted by atomic mass is 35.5. The van der Waals surface area contributed by atoms with Crippen molar-refractivity contribution in [1.82, 2.24) is 4.72 Å². The molecule has 98 valence electrons. The first-order valence-electron chi connectivity index (χ1n) is 5.42. The summed E-state index contributed by atoms with van der Waals surface area (Å²) in [5.74, 6) is 0. The largest absolute Gasteiger partial charge is 0.330 e. The maximum atomic E-state index is 12.0. The summed E-state index contributed by atoms with van der Waals surface area (Å²) in [4.78, 5) is 0. The molecule has 0 aliphatic rings. The number of sulfonamides is 1. The van der Waals surface area contributed by atoms with Crippen molar-refractivity contribution in [3.8, 4) is 0 Å². The molecular formula is C11H13ClN2O2S2. The van der Waals surface area contributed by atoms with Gasteiger partial charge >= 0.3 is 0 Å². The van der Waals surface area contributed by atoms with Crippen LogP contribution in [0.25, 0.3) is 10.1 Å². The Morgan fingerprint density at radius 2 is 2.11 bits per heavy atom. The zero-order valence-electron chi connectivity index (χ0n) is 9.52. The van der Waals surface area contributed by atoms with Gasteiger partial charge < -0.3 is 5.73 Å². The Balaban J connectivity index is 2.30. The molecule has 0 bridgehead atoms. The first-order chi connectivity index (χ1) is 8.53. The summed E-state index contributed by atoms with van der Waals surface area (Å²) in [5, 5.41) is 1.44. The van der Waals surface area contributed by atoms with Gasteiger partial charge in [-0.2, -0.15) is 0 Å². The molecule has 0 saturated carbocycles. The molecule has 0 atom stereocenters. The first kappa shape index (κ1) is 13.8. The predicted molar refractivity (Wildman–Crippen MR) is 75.7 cm³/mol. The lowest BCUT2D eigenvalue weighted by atomic mass is 10.3. The molecule has 0 amide bonds. The number of halogens is 1. The Morgan fingerprint density at radius 1 is 1.33 bits per heavy atom. The average molecular weight is 305 g/mol. The third-order valence-electron chi connectivity index (χ3n) is 2.39. The normalized spacial score (nSPS) is 12.1. The van der Waals surface area contributed by atoms with Crippen molar-refractivity contribution < 1.29 is 8.42 Å². The molecule has 1 aromatic heterocycles. The topological polar surface area (TPSA) is 72.2 Å². The van der Waals surface area contributed by atoms with Gasteiger partial charge in [-0.1, -0.05) is 11.6 Å². The fraction of sp³-hybridized carbons (Fsp3) is 0.273. The molecule has 0 unspecified atom stereocenters. The van der Waals surface area contributed by atoms with E-state index in [0.29, 0.717) is 28.7 Å². The molecule has 0 radical (unpaired) electrons. The van der Waals surface area contributed by atoms with Crippen LogP contribution >= 0.6 is 22.9 Å². The van der Waals surface area contributed by atoms with Crippen LogP contribution < -0.4 is 10.5 Å². The quantitative estimate of drug-likeness (QED) is 0.832. The summed E-state index contributed by atoms with van der Waals surface area (Å²) in [6, 6.07) is 6.96. The summed E-state index contributed by atoms with van der Waals surface area (Å²) in [5.41, 5.74) is 5.33. The summed E-state index contributed by atoms with van der Waals surface area (Å²) in [6.07, 6.45) is 0.621. The molecule has 1 heterocycles. The Morgan fingerprint density at radius 3 is 2.83 bits per heavy atom. The summed E-state index contributed by atoms with van der Waals surface area (Å²) < 4.78 is 27.7. The zero-order valence-corrected chi connectivity index (χ0v) is 11.9. The molecule has 0 aliphatic heterocycles. The second-order valence-corrected chi connectivity index (χ2v) is 7.30. The fourth-order valence-corrected chi connectivity index (χ4v) is 4.18. The maximum absolute atomic E-state index is 12.0. The number of hydrogen-bond acceptors (Lipinski definition) is 4. The number of benzene rings is 1. The van der Waals surface area contributed by atoms with Gasteiger partial charge in [-0.3, -0.25) is 0 Å². The van der Waals surface area contributed by atoms with Gasteiger partial charge in [-0.25, -0.2) is 13.1 Å². The van der Waals surface area contributed by atoms with E-state index in [1.165, 1.54) is 11.3 Å². The Bertz CT molecular complexity index is 652. The minimum absolute atomic E-state index is 0.303. The Hall–Kier alpha value is -0.660. The fourth-order valence-electron chi connectivity index (χ4n) is 1.50. The maximum Gasteiger partial charge on any atom is 0.250 e. The lowest BCUT2D eigenvalue weighted by molar-refractivity contribution is 0.582. The van der Waals surface area contributed by atoms with Crippen LogP contribution in [0.4, 0.5) is 0 Å². The lowest BCUT2D eigenvalue weighted by Gasteiger charge is -2.02. The van der Waals surface area contributed by atoms with E-state index in [9.17, 15) is 8.42 Å². The minimum atomic E-state index is -3.44. The Labute approximate surface area is 115 Å². The molecule has 1 aromatic carbocycles.